The SMILES string of the molecule is CCCCCCCCCCCCCCCCCC[N+](C)(CCCCCCCCCCCCCCCCCC)C[C@@H]1OC(C)(C)O[C@H]1[C@@H](O[Si](C)(C)C(C)(C)C)[C@H]1COC(C)(C)O1. The Bertz CT molecular complexity index is 1040. The molecule has 0 bridgehead atoms. The van der Waals surface area contributed by atoms with Crippen molar-refractivity contribution in [3.8, 4) is 0 Å². The van der Waals surface area contributed by atoms with Crippen LogP contribution < -0.4 is 0 Å². The van der Waals surface area contributed by atoms with Crippen LogP contribution in [0.1, 0.15) is 268 Å². The van der Waals surface area contributed by atoms with E-state index in [1.54, 1.807) is 0 Å². The van der Waals surface area contributed by atoms with E-state index in [0.29, 0.717) is 6.61 Å². The van der Waals surface area contributed by atoms with Gasteiger partial charge in [-0.3, -0.25) is 0 Å². The molecule has 2 saturated heterocycles. The molecule has 2 fully saturated rings. The summed E-state index contributed by atoms with van der Waals surface area (Å²) in [4.78, 5) is 0. The first kappa shape index (κ1) is 58.1. The molecule has 0 aromatic carbocycles. The summed E-state index contributed by atoms with van der Waals surface area (Å²) in [6.45, 7) is 28.4. The Kier molecular flexibility index (Phi) is 29.9. The molecular weight excluding hydrogens is 783 g/mol. The molecule has 2 aliphatic heterocycles. The Morgan fingerprint density at radius 2 is 0.855 bits per heavy atom. The van der Waals surface area contributed by atoms with E-state index < -0.39 is 19.9 Å². The largest absolute Gasteiger partial charge is 0.408 e. The topological polar surface area (TPSA) is 46.2 Å². The van der Waals surface area contributed by atoms with Crippen molar-refractivity contribution in [1.29, 1.82) is 0 Å². The van der Waals surface area contributed by atoms with Gasteiger partial charge in [-0.15, -0.1) is 0 Å². The van der Waals surface area contributed by atoms with Crippen LogP contribution in [0.4, 0.5) is 0 Å². The van der Waals surface area contributed by atoms with Crippen molar-refractivity contribution in [2.45, 2.75) is 322 Å². The molecule has 0 aromatic rings. The van der Waals surface area contributed by atoms with Crippen molar-refractivity contribution in [2.24, 2.45) is 0 Å². The van der Waals surface area contributed by atoms with Crippen molar-refractivity contribution in [1.82, 2.24) is 0 Å². The molecule has 0 radical (unpaired) electrons. The fraction of sp³-hybridized carbons (Fsp3) is 1.00. The molecule has 4 atom stereocenters. The van der Waals surface area contributed by atoms with Crippen molar-refractivity contribution < 1.29 is 27.9 Å². The van der Waals surface area contributed by atoms with E-state index in [0.717, 1.165) is 11.0 Å². The second-order valence-corrected chi connectivity index (χ2v) is 28.0. The van der Waals surface area contributed by atoms with Crippen molar-refractivity contribution in [2.75, 3.05) is 33.3 Å². The van der Waals surface area contributed by atoms with Crippen LogP contribution in [-0.2, 0) is 23.4 Å². The lowest BCUT2D eigenvalue weighted by Gasteiger charge is -2.43. The molecule has 2 rings (SSSR count). The lowest BCUT2D eigenvalue weighted by Crippen LogP contribution is -2.58. The Labute approximate surface area is 389 Å². The molecule has 0 N–H and O–H groups in total. The van der Waals surface area contributed by atoms with Gasteiger partial charge in [0.05, 0.1) is 26.7 Å². The quantitative estimate of drug-likeness (QED) is 0.0348. The first-order chi connectivity index (χ1) is 29.4. The second-order valence-electron chi connectivity index (χ2n) is 23.2. The average Bonchev–Trinajstić information content (AvgIpc) is 3.72. The summed E-state index contributed by atoms with van der Waals surface area (Å²) < 4.78 is 34.9. The van der Waals surface area contributed by atoms with Gasteiger partial charge in [0.25, 0.3) is 0 Å². The molecule has 0 amide bonds. The van der Waals surface area contributed by atoms with Crippen molar-refractivity contribution >= 4 is 8.32 Å². The van der Waals surface area contributed by atoms with Crippen LogP contribution in [0.15, 0.2) is 0 Å². The molecule has 2 aliphatic rings. The van der Waals surface area contributed by atoms with E-state index in [9.17, 15) is 0 Å². The van der Waals surface area contributed by atoms with Gasteiger partial charge in [-0.1, -0.05) is 214 Å². The minimum Gasteiger partial charge on any atom is -0.408 e. The lowest BCUT2D eigenvalue weighted by atomic mass is 10.0. The van der Waals surface area contributed by atoms with E-state index in [2.05, 4.69) is 68.6 Å². The smallest absolute Gasteiger partial charge is 0.192 e. The molecule has 0 spiro atoms. The first-order valence-corrected chi connectivity index (χ1v) is 30.5. The maximum atomic E-state index is 7.31. The van der Waals surface area contributed by atoms with Crippen LogP contribution in [0.25, 0.3) is 0 Å². The second kappa shape index (κ2) is 31.9. The van der Waals surface area contributed by atoms with Crippen LogP contribution >= 0.6 is 0 Å². The molecule has 370 valence electrons. The molecule has 6 nitrogen and oxygen atoms in total. The summed E-state index contributed by atoms with van der Waals surface area (Å²) in [5.74, 6) is -1.30. The molecule has 0 unspecified atom stereocenters. The summed E-state index contributed by atoms with van der Waals surface area (Å²) in [5.41, 5.74) is 0. The highest BCUT2D eigenvalue weighted by Gasteiger charge is 2.55. The van der Waals surface area contributed by atoms with Crippen LogP contribution in [0.5, 0.6) is 0 Å². The zero-order valence-corrected chi connectivity index (χ0v) is 45.3. The van der Waals surface area contributed by atoms with Crippen LogP contribution in [-0.4, -0.2) is 82.1 Å². The fourth-order valence-electron chi connectivity index (χ4n) is 9.84. The number of rotatable bonds is 40. The molecule has 0 saturated carbocycles. The number of hydrogen-bond donors (Lipinski definition) is 0. The summed E-state index contributed by atoms with van der Waals surface area (Å²) in [6, 6.07) is 0. The van der Waals surface area contributed by atoms with Gasteiger partial charge in [0.1, 0.15) is 31.0 Å². The van der Waals surface area contributed by atoms with Gasteiger partial charge < -0.3 is 27.9 Å². The molecule has 62 heavy (non-hydrogen) atoms. The first-order valence-electron chi connectivity index (χ1n) is 27.6. The zero-order valence-electron chi connectivity index (χ0n) is 44.3. The Balaban J connectivity index is 1.93. The molecule has 2 heterocycles. The van der Waals surface area contributed by atoms with Gasteiger partial charge in [-0.2, -0.15) is 0 Å². The van der Waals surface area contributed by atoms with E-state index in [1.165, 1.54) is 219 Å². The average molecular weight is 896 g/mol. The van der Waals surface area contributed by atoms with Gasteiger partial charge in [0.2, 0.25) is 0 Å². The third-order valence-electron chi connectivity index (χ3n) is 14.9. The summed E-state index contributed by atoms with van der Waals surface area (Å²) in [5, 5.41) is 0.0652. The minimum absolute atomic E-state index is 0.0652. The number of quaternary nitrogens is 1. The maximum absolute atomic E-state index is 7.31. The molecular formula is C55H112NO5Si+. The van der Waals surface area contributed by atoms with Gasteiger partial charge in [-0.05, 0) is 71.5 Å². The van der Waals surface area contributed by atoms with E-state index in [4.69, 9.17) is 23.4 Å². The highest BCUT2D eigenvalue weighted by Crippen LogP contribution is 2.43. The Morgan fingerprint density at radius 1 is 0.516 bits per heavy atom. The van der Waals surface area contributed by atoms with Crippen LogP contribution in [0.3, 0.4) is 0 Å². The summed E-state index contributed by atoms with van der Waals surface area (Å²) in [6.07, 6.45) is 44.3. The number of hydrogen-bond acceptors (Lipinski definition) is 5. The standard InChI is InChI=1S/C55H112NO5Si/c1-13-15-17-19-21-23-25-27-29-31-33-35-37-39-41-43-45-56(10,46-44-42-40-38-36-34-32-30-28-26-24-22-20-18-16-14-2)47-49-51(60-55(8,9)58-49)52(50-48-57-54(6,7)59-50)61-62(11,12)53(3,4)5/h49-52H,13-48H2,1-12H3/q+1/t49-,50+,51+,52-/m0/s1. The lowest BCUT2D eigenvalue weighted by molar-refractivity contribution is -0.913. The van der Waals surface area contributed by atoms with E-state index in [-0.39, 0.29) is 29.5 Å². The Hall–Kier alpha value is -0.0231. The van der Waals surface area contributed by atoms with Gasteiger partial charge in [0, 0.05) is 0 Å². The third kappa shape index (κ3) is 25.8. The fourth-order valence-corrected chi connectivity index (χ4v) is 11.2. The number of ether oxygens (including phenoxy) is 4. The van der Waals surface area contributed by atoms with Gasteiger partial charge in [0.15, 0.2) is 19.9 Å². The molecule has 0 aromatic heterocycles. The number of nitrogens with zero attached hydrogens (tertiary/aromatic N) is 1. The van der Waals surface area contributed by atoms with Crippen LogP contribution in [0, 0.1) is 0 Å². The minimum atomic E-state index is -2.17. The monoisotopic (exact) mass is 895 g/mol. The predicted octanol–water partition coefficient (Wildman–Crippen LogP) is 17.0. The Morgan fingerprint density at radius 3 is 1.16 bits per heavy atom. The number of likely N-dealkylation sites (N-methyl/N-ethyl adjacent to an activating group) is 1. The van der Waals surface area contributed by atoms with Gasteiger partial charge in [-0.25, -0.2) is 0 Å². The summed E-state index contributed by atoms with van der Waals surface area (Å²) in [7, 11) is 0.346. The van der Waals surface area contributed by atoms with E-state index in [1.807, 2.05) is 13.8 Å². The highest BCUT2D eigenvalue weighted by molar-refractivity contribution is 6.74. The third-order valence-corrected chi connectivity index (χ3v) is 19.4. The highest BCUT2D eigenvalue weighted by atomic mass is 28.4. The van der Waals surface area contributed by atoms with Gasteiger partial charge >= 0.3 is 0 Å². The van der Waals surface area contributed by atoms with E-state index >= 15 is 0 Å². The van der Waals surface area contributed by atoms with Crippen molar-refractivity contribution in [3.63, 3.8) is 0 Å². The maximum Gasteiger partial charge on any atom is 0.192 e. The normalized spacial score (nSPS) is 21.0. The van der Waals surface area contributed by atoms with Crippen molar-refractivity contribution in [3.05, 3.63) is 0 Å². The summed E-state index contributed by atoms with van der Waals surface area (Å²) >= 11 is 0. The van der Waals surface area contributed by atoms with Crippen LogP contribution in [0.2, 0.25) is 18.1 Å². The molecule has 7 heteroatoms. The predicted molar refractivity (Wildman–Crippen MR) is 271 cm³/mol. The number of unbranched alkanes of at least 4 members (excludes halogenated alkanes) is 30. The molecule has 0 aliphatic carbocycles. The zero-order chi connectivity index (χ0) is 45.8.